The van der Waals surface area contributed by atoms with Crippen LogP contribution >= 0.6 is 0 Å². The molecule has 10 aromatic rings. The molecule has 0 spiro atoms. The highest BCUT2D eigenvalue weighted by Crippen LogP contribution is 2.58. The largest absolute Gasteiger partial charge is 0.309 e. The summed E-state index contributed by atoms with van der Waals surface area (Å²) in [4.78, 5) is 5.00. The Kier molecular flexibility index (Phi) is 5.63. The molecule has 4 nitrogen and oxygen atoms in total. The van der Waals surface area contributed by atoms with Crippen LogP contribution in [-0.2, 0) is 5.41 Å². The Morgan fingerprint density at radius 1 is 0.490 bits per heavy atom. The fraction of sp³-hybridized carbons (Fsp3) is 0.0851. The van der Waals surface area contributed by atoms with Gasteiger partial charge in [0.15, 0.2) is 0 Å². The van der Waals surface area contributed by atoms with Crippen LogP contribution in [0.15, 0.2) is 152 Å². The van der Waals surface area contributed by atoms with Gasteiger partial charge >= 0.3 is 0 Å². The molecule has 0 amide bonds. The fourth-order valence-corrected chi connectivity index (χ4v) is 9.35. The van der Waals surface area contributed by atoms with E-state index < -0.39 is 0 Å². The van der Waals surface area contributed by atoms with Gasteiger partial charge in [-0.15, -0.1) is 0 Å². The van der Waals surface area contributed by atoms with Crippen molar-refractivity contribution in [2.75, 3.05) is 0 Å². The van der Waals surface area contributed by atoms with E-state index in [0.717, 1.165) is 33.9 Å². The van der Waals surface area contributed by atoms with E-state index in [-0.39, 0.29) is 5.41 Å². The zero-order valence-corrected chi connectivity index (χ0v) is 28.7. The first kappa shape index (κ1) is 28.4. The van der Waals surface area contributed by atoms with Crippen molar-refractivity contribution in [2.24, 2.45) is 0 Å². The van der Waals surface area contributed by atoms with Crippen molar-refractivity contribution in [3.8, 4) is 28.2 Å². The van der Waals surface area contributed by atoms with Crippen molar-refractivity contribution in [1.82, 2.24) is 18.7 Å². The third-order valence-corrected chi connectivity index (χ3v) is 11.3. The summed E-state index contributed by atoms with van der Waals surface area (Å²) in [6, 6.07) is 55.2. The number of aryl methyl sites for hydroxylation is 1. The lowest BCUT2D eigenvalue weighted by atomic mass is 9.80. The SMILES string of the molecule is Cc1nc2ccccc2n1-c1ccccc1-n1c2ccccc2c2c3c(c4c(c5ccccc5n4-c4ccccc4)c21)-c1ccccc1C3(C)C. The lowest BCUT2D eigenvalue weighted by Gasteiger charge is -2.23. The lowest BCUT2D eigenvalue weighted by molar-refractivity contribution is 0.667. The van der Waals surface area contributed by atoms with Crippen molar-refractivity contribution in [3.05, 3.63) is 169 Å². The second-order valence-electron chi connectivity index (χ2n) is 14.4. The van der Waals surface area contributed by atoms with E-state index in [2.05, 4.69) is 186 Å². The Morgan fingerprint density at radius 2 is 1.06 bits per heavy atom. The molecule has 51 heavy (non-hydrogen) atoms. The monoisotopic (exact) mass is 654 g/mol. The lowest BCUT2D eigenvalue weighted by Crippen LogP contribution is -2.15. The Bertz CT molecular complexity index is 3060. The molecule has 3 heterocycles. The molecule has 0 radical (unpaired) electrons. The molecule has 0 fully saturated rings. The van der Waals surface area contributed by atoms with Gasteiger partial charge in [-0.05, 0) is 72.1 Å². The minimum Gasteiger partial charge on any atom is -0.309 e. The maximum atomic E-state index is 5.00. The highest BCUT2D eigenvalue weighted by molar-refractivity contribution is 6.31. The minimum absolute atomic E-state index is 0.234. The molecule has 0 saturated heterocycles. The van der Waals surface area contributed by atoms with Crippen molar-refractivity contribution in [1.29, 1.82) is 0 Å². The minimum atomic E-state index is -0.234. The first-order valence-corrected chi connectivity index (χ1v) is 17.8. The number of benzene rings is 7. The summed E-state index contributed by atoms with van der Waals surface area (Å²) >= 11 is 0. The maximum Gasteiger partial charge on any atom is 0.111 e. The number of rotatable bonds is 3. The van der Waals surface area contributed by atoms with Crippen LogP contribution in [0.2, 0.25) is 0 Å². The third kappa shape index (κ3) is 3.61. The van der Waals surface area contributed by atoms with Gasteiger partial charge in [0.1, 0.15) is 5.82 Å². The van der Waals surface area contributed by atoms with E-state index in [1.165, 1.54) is 65.9 Å². The van der Waals surface area contributed by atoms with Gasteiger partial charge in [-0.2, -0.15) is 0 Å². The van der Waals surface area contributed by atoms with Crippen LogP contribution in [0.1, 0.15) is 30.8 Å². The molecule has 0 atom stereocenters. The highest BCUT2D eigenvalue weighted by atomic mass is 15.1. The van der Waals surface area contributed by atoms with E-state index in [4.69, 9.17) is 4.98 Å². The summed E-state index contributed by atoms with van der Waals surface area (Å²) in [6.45, 7) is 6.94. The number of aromatic nitrogens is 4. The molecule has 11 rings (SSSR count). The average Bonchev–Trinajstić information content (AvgIpc) is 3.86. The molecule has 4 heteroatoms. The number of nitrogens with zero attached hydrogens (tertiary/aromatic N) is 4. The number of imidazole rings is 1. The third-order valence-electron chi connectivity index (χ3n) is 11.3. The topological polar surface area (TPSA) is 27.7 Å². The van der Waals surface area contributed by atoms with E-state index in [1.54, 1.807) is 0 Å². The van der Waals surface area contributed by atoms with E-state index in [9.17, 15) is 0 Å². The van der Waals surface area contributed by atoms with Crippen molar-refractivity contribution in [2.45, 2.75) is 26.2 Å². The van der Waals surface area contributed by atoms with Crippen LogP contribution in [0.4, 0.5) is 0 Å². The predicted octanol–water partition coefficient (Wildman–Crippen LogP) is 11.8. The molecule has 7 aromatic carbocycles. The van der Waals surface area contributed by atoms with Crippen molar-refractivity contribution in [3.63, 3.8) is 0 Å². The molecule has 0 N–H and O–H groups in total. The standard InChI is InChI=1S/C47H34N4/c1-29-48-35-23-11-14-26-38(35)49(29)39-27-15-16-28-40(39)51-37-25-13-8-20-32(37)42-44-41(31-19-7-10-22-34(31)47(44,2)3)45-43(46(42)51)33-21-9-12-24-36(33)50(45)30-17-5-4-6-18-30/h4-28H,1-3H3. The normalized spacial score (nSPS) is 13.5. The van der Waals surface area contributed by atoms with E-state index in [1.807, 2.05) is 0 Å². The maximum absolute atomic E-state index is 5.00. The molecule has 3 aromatic heterocycles. The van der Waals surface area contributed by atoms with Gasteiger partial charge in [-0.3, -0.25) is 4.57 Å². The fourth-order valence-electron chi connectivity index (χ4n) is 9.35. The van der Waals surface area contributed by atoms with Crippen LogP contribution < -0.4 is 0 Å². The quantitative estimate of drug-likeness (QED) is 0.186. The van der Waals surface area contributed by atoms with Gasteiger partial charge in [0.2, 0.25) is 0 Å². The van der Waals surface area contributed by atoms with Crippen molar-refractivity contribution < 1.29 is 0 Å². The zero-order valence-electron chi connectivity index (χ0n) is 28.7. The smallest absolute Gasteiger partial charge is 0.111 e. The summed E-state index contributed by atoms with van der Waals surface area (Å²) < 4.78 is 7.39. The number of hydrogen-bond donors (Lipinski definition) is 0. The summed E-state index contributed by atoms with van der Waals surface area (Å²) in [7, 11) is 0. The van der Waals surface area contributed by atoms with Gasteiger partial charge in [0.05, 0.1) is 44.5 Å². The summed E-state index contributed by atoms with van der Waals surface area (Å²) in [5.74, 6) is 0.965. The molecule has 0 saturated carbocycles. The Morgan fingerprint density at radius 3 is 1.82 bits per heavy atom. The predicted molar refractivity (Wildman–Crippen MR) is 212 cm³/mol. The number of hydrogen-bond acceptors (Lipinski definition) is 1. The Balaban J connectivity index is 1.43. The van der Waals surface area contributed by atoms with Gasteiger partial charge in [-0.25, -0.2) is 4.98 Å². The molecule has 0 unspecified atom stereocenters. The van der Waals surface area contributed by atoms with Gasteiger partial charge in [0.25, 0.3) is 0 Å². The first-order chi connectivity index (χ1) is 25.0. The Labute approximate surface area is 295 Å². The first-order valence-electron chi connectivity index (χ1n) is 17.8. The molecular weight excluding hydrogens is 621 g/mol. The number of fused-ring (bicyclic) bond motifs is 13. The highest BCUT2D eigenvalue weighted by Gasteiger charge is 2.41. The second-order valence-corrected chi connectivity index (χ2v) is 14.4. The molecular formula is C47H34N4. The van der Waals surface area contributed by atoms with Crippen LogP contribution in [0.5, 0.6) is 0 Å². The summed E-state index contributed by atoms with van der Waals surface area (Å²) in [5, 5.41) is 5.11. The average molecular weight is 655 g/mol. The Hall–Kier alpha value is -6.39. The molecule has 1 aliphatic rings. The number of para-hydroxylation sites is 7. The van der Waals surface area contributed by atoms with Crippen molar-refractivity contribution >= 4 is 54.6 Å². The second kappa shape index (κ2) is 10.1. The molecule has 1 aliphatic carbocycles. The van der Waals surface area contributed by atoms with Crippen LogP contribution in [0.25, 0.3) is 82.8 Å². The molecule has 242 valence electrons. The van der Waals surface area contributed by atoms with E-state index >= 15 is 0 Å². The van der Waals surface area contributed by atoms with Gasteiger partial charge < -0.3 is 9.13 Å². The van der Waals surface area contributed by atoms with Gasteiger partial charge in [-0.1, -0.05) is 117 Å². The van der Waals surface area contributed by atoms with E-state index in [0.29, 0.717) is 0 Å². The van der Waals surface area contributed by atoms with Crippen LogP contribution in [-0.4, -0.2) is 18.7 Å². The zero-order chi connectivity index (χ0) is 34.0. The van der Waals surface area contributed by atoms with Crippen LogP contribution in [0.3, 0.4) is 0 Å². The van der Waals surface area contributed by atoms with Gasteiger partial charge in [0, 0.05) is 38.2 Å². The van der Waals surface area contributed by atoms with Crippen LogP contribution in [0, 0.1) is 6.92 Å². The molecule has 0 aliphatic heterocycles. The summed E-state index contributed by atoms with van der Waals surface area (Å²) in [5.41, 5.74) is 15.6. The molecule has 0 bridgehead atoms. The summed E-state index contributed by atoms with van der Waals surface area (Å²) in [6.07, 6.45) is 0.